The Labute approximate surface area is 189 Å². The van der Waals surface area contributed by atoms with E-state index in [1.807, 2.05) is 4.90 Å². The first-order chi connectivity index (χ1) is 14.9. The zero-order valence-electron chi connectivity index (χ0n) is 19.4. The van der Waals surface area contributed by atoms with Gasteiger partial charge in [-0.1, -0.05) is 20.8 Å². The fraction of sp³-hybridized carbons (Fsp3) is 0.682. The van der Waals surface area contributed by atoms with E-state index >= 15 is 0 Å². The minimum absolute atomic E-state index is 0.0474. The molecule has 0 aromatic heterocycles. The maximum Gasteiger partial charge on any atom is 0.409 e. The van der Waals surface area contributed by atoms with Crippen LogP contribution >= 0.6 is 0 Å². The number of halogens is 1. The highest BCUT2D eigenvalue weighted by molar-refractivity contribution is 6.74. The van der Waals surface area contributed by atoms with Gasteiger partial charge < -0.3 is 28.6 Å². The summed E-state index contributed by atoms with van der Waals surface area (Å²) >= 11 is 0. The highest BCUT2D eigenvalue weighted by atomic mass is 28.4. The van der Waals surface area contributed by atoms with E-state index in [0.717, 1.165) is 0 Å². The molecule has 0 saturated carbocycles. The minimum Gasteiger partial charge on any atom is -0.489 e. The van der Waals surface area contributed by atoms with E-state index in [2.05, 4.69) is 39.2 Å². The third kappa shape index (κ3) is 4.73. The number of carbonyl (C=O) groups is 1. The zero-order chi connectivity index (χ0) is 23.3. The SMILES string of the molecule is CC(C)(C)[Si](C)(C)OC[C@@H]1O[C@@H]1COc1cc(N2CC3(COC3)C2)c(F)cc1NC(=O)O. The lowest BCUT2D eigenvalue weighted by Crippen LogP contribution is -2.66. The average molecular weight is 469 g/mol. The molecular formula is C22H33FN2O6Si. The molecule has 8 nitrogen and oxygen atoms in total. The Morgan fingerprint density at radius 1 is 1.28 bits per heavy atom. The van der Waals surface area contributed by atoms with Crippen LogP contribution in [0.2, 0.25) is 18.1 Å². The van der Waals surface area contributed by atoms with E-state index < -0.39 is 20.2 Å². The molecule has 32 heavy (non-hydrogen) atoms. The Balaban J connectivity index is 1.37. The molecule has 3 saturated heterocycles. The van der Waals surface area contributed by atoms with E-state index in [1.54, 1.807) is 6.07 Å². The molecule has 2 N–H and O–H groups in total. The summed E-state index contributed by atoms with van der Waals surface area (Å²) in [5.41, 5.74) is 0.615. The number of benzene rings is 1. The van der Waals surface area contributed by atoms with Crippen molar-refractivity contribution in [1.82, 2.24) is 0 Å². The molecule has 4 rings (SSSR count). The van der Waals surface area contributed by atoms with Gasteiger partial charge >= 0.3 is 6.09 Å². The summed E-state index contributed by atoms with van der Waals surface area (Å²) in [4.78, 5) is 13.1. The van der Waals surface area contributed by atoms with Gasteiger partial charge in [0.05, 0.1) is 36.6 Å². The summed E-state index contributed by atoms with van der Waals surface area (Å²) < 4.78 is 37.8. The smallest absolute Gasteiger partial charge is 0.409 e. The first-order valence-electron chi connectivity index (χ1n) is 11.0. The lowest BCUT2D eigenvalue weighted by Gasteiger charge is -2.56. The number of nitrogens with one attached hydrogen (secondary N) is 1. The molecule has 3 heterocycles. The lowest BCUT2D eigenvalue weighted by molar-refractivity contribution is -0.127. The maximum atomic E-state index is 14.7. The van der Waals surface area contributed by atoms with Gasteiger partial charge in [-0.25, -0.2) is 9.18 Å². The van der Waals surface area contributed by atoms with Gasteiger partial charge in [-0.15, -0.1) is 0 Å². The molecule has 0 aliphatic carbocycles. The van der Waals surface area contributed by atoms with Crippen LogP contribution in [-0.4, -0.2) is 71.2 Å². The van der Waals surface area contributed by atoms with Crippen molar-refractivity contribution in [1.29, 1.82) is 0 Å². The molecule has 1 aromatic rings. The quantitative estimate of drug-likeness (QED) is 0.441. The van der Waals surface area contributed by atoms with Crippen LogP contribution in [0.15, 0.2) is 12.1 Å². The van der Waals surface area contributed by atoms with Crippen molar-refractivity contribution >= 4 is 25.8 Å². The van der Waals surface area contributed by atoms with E-state index in [0.29, 0.717) is 38.6 Å². The second kappa shape index (κ2) is 8.16. The Hall–Kier alpha value is -1.88. The van der Waals surface area contributed by atoms with Gasteiger partial charge in [0.25, 0.3) is 0 Å². The molecule has 3 fully saturated rings. The van der Waals surface area contributed by atoms with Gasteiger partial charge in [-0.3, -0.25) is 5.32 Å². The van der Waals surface area contributed by atoms with Crippen LogP contribution in [0.5, 0.6) is 5.75 Å². The van der Waals surface area contributed by atoms with Crippen LogP contribution in [0.25, 0.3) is 0 Å². The van der Waals surface area contributed by atoms with Crippen molar-refractivity contribution in [3.63, 3.8) is 0 Å². The van der Waals surface area contributed by atoms with E-state index in [9.17, 15) is 9.18 Å². The molecule has 1 spiro atoms. The van der Waals surface area contributed by atoms with E-state index in [1.165, 1.54) is 6.07 Å². The van der Waals surface area contributed by atoms with Crippen molar-refractivity contribution in [3.05, 3.63) is 17.9 Å². The van der Waals surface area contributed by atoms with Gasteiger partial charge in [0.2, 0.25) is 0 Å². The van der Waals surface area contributed by atoms with Crippen LogP contribution in [-0.2, 0) is 13.9 Å². The number of hydrogen-bond acceptors (Lipinski definition) is 6. The van der Waals surface area contributed by atoms with Crippen LogP contribution < -0.4 is 15.0 Å². The first-order valence-corrected chi connectivity index (χ1v) is 13.9. The number of rotatable bonds is 8. The first kappa shape index (κ1) is 23.3. The molecule has 1 amide bonds. The number of hydrogen-bond donors (Lipinski definition) is 2. The van der Waals surface area contributed by atoms with Crippen molar-refractivity contribution < 1.29 is 32.9 Å². The average Bonchev–Trinajstić information content (AvgIpc) is 3.35. The molecule has 10 heteroatoms. The lowest BCUT2D eigenvalue weighted by atomic mass is 9.77. The number of amides is 1. The Morgan fingerprint density at radius 2 is 1.94 bits per heavy atom. The molecule has 0 radical (unpaired) electrons. The third-order valence-corrected chi connectivity index (χ3v) is 11.5. The van der Waals surface area contributed by atoms with Crippen LogP contribution in [0, 0.1) is 11.2 Å². The molecule has 0 bridgehead atoms. The summed E-state index contributed by atoms with van der Waals surface area (Å²) in [6.45, 7) is 14.5. The van der Waals surface area contributed by atoms with Crippen LogP contribution in [0.3, 0.4) is 0 Å². The highest BCUT2D eigenvalue weighted by Crippen LogP contribution is 2.43. The molecule has 1 aromatic carbocycles. The van der Waals surface area contributed by atoms with Crippen LogP contribution in [0.1, 0.15) is 20.8 Å². The predicted molar refractivity (Wildman–Crippen MR) is 121 cm³/mol. The summed E-state index contributed by atoms with van der Waals surface area (Å²) in [6.07, 6.45) is -1.46. The van der Waals surface area contributed by atoms with Crippen molar-refractivity contribution in [3.8, 4) is 5.75 Å². The summed E-state index contributed by atoms with van der Waals surface area (Å²) in [6, 6.07) is 2.74. The van der Waals surface area contributed by atoms with E-state index in [4.69, 9.17) is 23.7 Å². The third-order valence-electron chi connectivity index (χ3n) is 7.01. The zero-order valence-corrected chi connectivity index (χ0v) is 20.4. The molecule has 3 aliphatic heterocycles. The monoisotopic (exact) mass is 468 g/mol. The Kier molecular flexibility index (Phi) is 5.94. The number of epoxide rings is 1. The van der Waals surface area contributed by atoms with Crippen molar-refractivity contribution in [2.45, 2.75) is 51.1 Å². The fourth-order valence-electron chi connectivity index (χ4n) is 3.78. The van der Waals surface area contributed by atoms with Crippen molar-refractivity contribution in [2.75, 3.05) is 49.7 Å². The fourth-order valence-corrected chi connectivity index (χ4v) is 4.79. The standard InChI is InChI=1S/C22H33FN2O6Si/c1-21(2,3)32(4,5)30-9-19-18(31-19)8-29-17-7-16(14(23)6-15(17)24-20(26)27)25-10-22(11-25)12-28-13-22/h6-7,18-19,24H,8-13H2,1-5H3,(H,26,27)/t18-,19+/m1/s1. The summed E-state index contributed by atoms with van der Waals surface area (Å²) in [5, 5.41) is 11.5. The molecule has 178 valence electrons. The number of nitrogens with zero attached hydrogens (tertiary/aromatic N) is 1. The number of anilines is 2. The highest BCUT2D eigenvalue weighted by Gasteiger charge is 2.50. The molecular weight excluding hydrogens is 435 g/mol. The van der Waals surface area contributed by atoms with E-state index in [-0.39, 0.29) is 40.7 Å². The Bertz CT molecular complexity index is 878. The van der Waals surface area contributed by atoms with Gasteiger partial charge in [0, 0.05) is 25.2 Å². The molecule has 0 unspecified atom stereocenters. The van der Waals surface area contributed by atoms with Gasteiger partial charge in [-0.2, -0.15) is 0 Å². The topological polar surface area (TPSA) is 92.8 Å². The summed E-state index contributed by atoms with van der Waals surface area (Å²) in [5.74, 6) is -0.200. The normalized spacial score (nSPS) is 24.0. The summed E-state index contributed by atoms with van der Waals surface area (Å²) in [7, 11) is -1.86. The van der Waals surface area contributed by atoms with Crippen molar-refractivity contribution in [2.24, 2.45) is 5.41 Å². The van der Waals surface area contributed by atoms with Gasteiger partial charge in [0.15, 0.2) is 8.32 Å². The Morgan fingerprint density at radius 3 is 2.50 bits per heavy atom. The predicted octanol–water partition coefficient (Wildman–Crippen LogP) is 3.92. The molecule has 2 atom stereocenters. The second-order valence-corrected chi connectivity index (χ2v) is 15.5. The number of ether oxygens (including phenoxy) is 3. The second-order valence-electron chi connectivity index (χ2n) is 10.7. The largest absolute Gasteiger partial charge is 0.489 e. The van der Waals surface area contributed by atoms with Gasteiger partial charge in [0.1, 0.15) is 30.4 Å². The minimum atomic E-state index is -1.86. The van der Waals surface area contributed by atoms with Crippen LogP contribution in [0.4, 0.5) is 20.6 Å². The molecule has 3 aliphatic rings. The van der Waals surface area contributed by atoms with Gasteiger partial charge in [-0.05, 0) is 18.1 Å². The maximum absolute atomic E-state index is 14.7. The number of carboxylic acid groups (broad SMARTS) is 1.